The zero-order valence-corrected chi connectivity index (χ0v) is 10.9. The van der Waals surface area contributed by atoms with Gasteiger partial charge in [-0.2, -0.15) is 5.26 Å². The predicted octanol–water partition coefficient (Wildman–Crippen LogP) is 2.86. The highest BCUT2D eigenvalue weighted by molar-refractivity contribution is 9.11. The summed E-state index contributed by atoms with van der Waals surface area (Å²) in [6.07, 6.45) is -1.54. The maximum Gasteiger partial charge on any atom is 0.178 e. The summed E-state index contributed by atoms with van der Waals surface area (Å²) < 4.78 is 6.40. The fourth-order valence-electron chi connectivity index (χ4n) is 0.959. The van der Waals surface area contributed by atoms with Crippen LogP contribution in [-0.2, 0) is 4.74 Å². The van der Waals surface area contributed by atoms with Crippen LogP contribution in [-0.4, -0.2) is 17.3 Å². The Balaban J connectivity index is 2.70. The molecule has 0 aromatic carbocycles. The van der Waals surface area contributed by atoms with Crippen LogP contribution in [0.5, 0.6) is 0 Å². The second kappa shape index (κ2) is 5.61. The molecular formula is C10H12BrNO2S. The molecule has 0 aliphatic carbocycles. The lowest BCUT2D eigenvalue weighted by molar-refractivity contribution is -0.0415. The summed E-state index contributed by atoms with van der Waals surface area (Å²) in [5, 5.41) is 18.2. The van der Waals surface area contributed by atoms with Crippen LogP contribution >= 0.6 is 27.3 Å². The van der Waals surface area contributed by atoms with Crippen LogP contribution in [0.15, 0.2) is 15.9 Å². The van der Waals surface area contributed by atoms with Crippen molar-refractivity contribution in [1.29, 1.82) is 5.26 Å². The lowest BCUT2D eigenvalue weighted by Gasteiger charge is -2.18. The molecule has 3 nitrogen and oxygen atoms in total. The number of ether oxygens (including phenoxy) is 1. The molecule has 0 radical (unpaired) electrons. The van der Waals surface area contributed by atoms with Crippen LogP contribution in [0.3, 0.4) is 0 Å². The van der Waals surface area contributed by atoms with Crippen molar-refractivity contribution in [3.63, 3.8) is 0 Å². The zero-order valence-electron chi connectivity index (χ0n) is 8.48. The molecule has 0 saturated heterocycles. The molecule has 15 heavy (non-hydrogen) atoms. The highest BCUT2D eigenvalue weighted by Gasteiger charge is 2.19. The van der Waals surface area contributed by atoms with Gasteiger partial charge in [-0.15, -0.1) is 11.3 Å². The van der Waals surface area contributed by atoms with E-state index in [2.05, 4.69) is 22.0 Å². The first-order valence-corrected chi connectivity index (χ1v) is 6.14. The van der Waals surface area contributed by atoms with Gasteiger partial charge < -0.3 is 9.84 Å². The van der Waals surface area contributed by atoms with Crippen molar-refractivity contribution < 1.29 is 9.84 Å². The topological polar surface area (TPSA) is 53.2 Å². The monoisotopic (exact) mass is 289 g/mol. The van der Waals surface area contributed by atoms with E-state index >= 15 is 0 Å². The Morgan fingerprint density at radius 1 is 1.53 bits per heavy atom. The minimum absolute atomic E-state index is 0.351. The molecule has 3 atom stereocenters. The number of rotatable bonds is 4. The van der Waals surface area contributed by atoms with Crippen LogP contribution in [0.1, 0.15) is 24.8 Å². The smallest absolute Gasteiger partial charge is 0.178 e. The van der Waals surface area contributed by atoms with Crippen LogP contribution in [0.2, 0.25) is 0 Å². The highest BCUT2D eigenvalue weighted by Crippen LogP contribution is 2.29. The van der Waals surface area contributed by atoms with Gasteiger partial charge in [0.15, 0.2) is 6.10 Å². The fourth-order valence-corrected chi connectivity index (χ4v) is 2.36. The predicted molar refractivity (Wildman–Crippen MR) is 62.6 cm³/mol. The van der Waals surface area contributed by atoms with E-state index in [0.29, 0.717) is 0 Å². The number of aliphatic hydroxyl groups is 1. The molecule has 1 rings (SSSR count). The van der Waals surface area contributed by atoms with Crippen molar-refractivity contribution in [1.82, 2.24) is 0 Å². The largest absolute Gasteiger partial charge is 0.391 e. The first kappa shape index (κ1) is 12.7. The maximum absolute atomic E-state index is 9.28. The average molecular weight is 290 g/mol. The zero-order chi connectivity index (χ0) is 11.4. The molecule has 1 aromatic heterocycles. The van der Waals surface area contributed by atoms with Crippen molar-refractivity contribution in [3.8, 4) is 6.07 Å². The van der Waals surface area contributed by atoms with Crippen LogP contribution in [0, 0.1) is 11.3 Å². The van der Waals surface area contributed by atoms with Gasteiger partial charge in [0, 0.05) is 4.88 Å². The summed E-state index contributed by atoms with van der Waals surface area (Å²) >= 11 is 4.79. The third-order valence-electron chi connectivity index (χ3n) is 2.00. The molecule has 0 amide bonds. The molecule has 1 heterocycles. The minimum Gasteiger partial charge on any atom is -0.391 e. The van der Waals surface area contributed by atoms with E-state index in [1.54, 1.807) is 13.8 Å². The Labute approximate surface area is 101 Å². The molecule has 82 valence electrons. The van der Waals surface area contributed by atoms with Gasteiger partial charge in [-0.25, -0.2) is 0 Å². The van der Waals surface area contributed by atoms with Crippen molar-refractivity contribution in [3.05, 3.63) is 20.8 Å². The van der Waals surface area contributed by atoms with Crippen molar-refractivity contribution >= 4 is 27.3 Å². The molecule has 0 saturated carbocycles. The van der Waals surface area contributed by atoms with E-state index in [4.69, 9.17) is 10.00 Å². The highest BCUT2D eigenvalue weighted by atomic mass is 79.9. The summed E-state index contributed by atoms with van der Waals surface area (Å²) in [6, 6.07) is 5.79. The van der Waals surface area contributed by atoms with Crippen LogP contribution in [0.25, 0.3) is 0 Å². The van der Waals surface area contributed by atoms with Crippen LogP contribution < -0.4 is 0 Å². The number of hydrogen-bond donors (Lipinski definition) is 1. The first-order chi connectivity index (χ1) is 7.04. The molecule has 1 N–H and O–H groups in total. The Morgan fingerprint density at radius 2 is 2.20 bits per heavy atom. The van der Waals surface area contributed by atoms with Crippen molar-refractivity contribution in [2.24, 2.45) is 0 Å². The van der Waals surface area contributed by atoms with E-state index in [1.807, 2.05) is 12.1 Å². The lowest BCUT2D eigenvalue weighted by atomic mass is 10.2. The van der Waals surface area contributed by atoms with E-state index in [-0.39, 0.29) is 6.10 Å². The molecule has 3 unspecified atom stereocenters. The van der Waals surface area contributed by atoms with E-state index in [0.717, 1.165) is 8.66 Å². The minimum atomic E-state index is -0.606. The average Bonchev–Trinajstić information content (AvgIpc) is 2.60. The van der Waals surface area contributed by atoms with Gasteiger partial charge in [-0.1, -0.05) is 0 Å². The number of thiophene rings is 1. The van der Waals surface area contributed by atoms with Gasteiger partial charge in [0.25, 0.3) is 0 Å². The molecule has 0 aliphatic heterocycles. The van der Waals surface area contributed by atoms with Gasteiger partial charge in [0.2, 0.25) is 0 Å². The summed E-state index contributed by atoms with van der Waals surface area (Å²) in [5.74, 6) is 0. The Bertz CT molecular complexity index is 359. The normalized spacial score (nSPS) is 16.7. The quantitative estimate of drug-likeness (QED) is 0.927. The number of aliphatic hydroxyl groups excluding tert-OH is 1. The van der Waals surface area contributed by atoms with E-state index < -0.39 is 12.2 Å². The number of halogens is 1. The summed E-state index contributed by atoms with van der Waals surface area (Å²) in [7, 11) is 0. The van der Waals surface area contributed by atoms with Gasteiger partial charge in [0.05, 0.1) is 16.0 Å². The third-order valence-corrected chi connectivity index (χ3v) is 3.67. The standard InChI is InChI=1S/C10H12BrNO2S/c1-6(13)7(2)14-8(5-12)9-3-4-10(11)15-9/h3-4,6-8,13H,1-2H3. The van der Waals surface area contributed by atoms with Gasteiger partial charge in [0.1, 0.15) is 6.07 Å². The first-order valence-electron chi connectivity index (χ1n) is 4.53. The second-order valence-electron chi connectivity index (χ2n) is 3.23. The molecule has 1 aromatic rings. The Hall–Kier alpha value is -0.410. The molecule has 0 spiro atoms. The maximum atomic E-state index is 9.28. The Morgan fingerprint density at radius 3 is 2.60 bits per heavy atom. The lowest BCUT2D eigenvalue weighted by Crippen LogP contribution is -2.24. The molecule has 0 fully saturated rings. The van der Waals surface area contributed by atoms with Crippen molar-refractivity contribution in [2.45, 2.75) is 32.2 Å². The molecule has 0 bridgehead atoms. The van der Waals surface area contributed by atoms with E-state index in [1.165, 1.54) is 11.3 Å². The third kappa shape index (κ3) is 3.58. The number of hydrogen-bond acceptors (Lipinski definition) is 4. The van der Waals surface area contributed by atoms with Crippen molar-refractivity contribution in [2.75, 3.05) is 0 Å². The molecule has 0 aliphatic rings. The summed E-state index contributed by atoms with van der Waals surface area (Å²) in [6.45, 7) is 3.39. The Kier molecular flexibility index (Phi) is 4.74. The van der Waals surface area contributed by atoms with E-state index in [9.17, 15) is 5.11 Å². The van der Waals surface area contributed by atoms with Crippen LogP contribution in [0.4, 0.5) is 0 Å². The second-order valence-corrected chi connectivity index (χ2v) is 5.73. The fraction of sp³-hybridized carbons (Fsp3) is 0.500. The SMILES string of the molecule is CC(O)C(C)OC(C#N)c1ccc(Br)s1. The molecule has 5 heteroatoms. The van der Waals surface area contributed by atoms with Gasteiger partial charge >= 0.3 is 0 Å². The van der Waals surface area contributed by atoms with Gasteiger partial charge in [-0.05, 0) is 41.9 Å². The number of nitrogens with zero attached hydrogens (tertiary/aromatic N) is 1. The summed E-state index contributed by atoms with van der Waals surface area (Å²) in [5.41, 5.74) is 0. The summed E-state index contributed by atoms with van der Waals surface area (Å²) in [4.78, 5) is 0.844. The van der Waals surface area contributed by atoms with Gasteiger partial charge in [-0.3, -0.25) is 0 Å². The number of nitriles is 1. The molecular weight excluding hydrogens is 278 g/mol.